The summed E-state index contributed by atoms with van der Waals surface area (Å²) in [6.45, 7) is 2.06. The Morgan fingerprint density at radius 3 is 2.76 bits per heavy atom. The van der Waals surface area contributed by atoms with Crippen LogP contribution in [0.25, 0.3) is 0 Å². The maximum absolute atomic E-state index is 10.6. The van der Waals surface area contributed by atoms with Crippen LogP contribution in [0, 0.1) is 0 Å². The zero-order chi connectivity index (χ0) is 12.8. The Labute approximate surface area is 101 Å². The number of carboxylic acids is 1. The second-order valence-electron chi connectivity index (χ2n) is 3.98. The van der Waals surface area contributed by atoms with E-state index in [1.807, 2.05) is 18.2 Å². The second-order valence-corrected chi connectivity index (χ2v) is 3.98. The molecular weight excluding hydrogens is 218 g/mol. The molecule has 0 amide bonds. The smallest absolute Gasteiger partial charge is 0.320 e. The number of aryl methyl sites for hydroxylation is 2. The summed E-state index contributed by atoms with van der Waals surface area (Å²) in [5.41, 5.74) is 7.70. The molecule has 4 heteroatoms. The van der Waals surface area contributed by atoms with E-state index < -0.39 is 12.0 Å². The highest BCUT2D eigenvalue weighted by molar-refractivity contribution is 5.73. The lowest BCUT2D eigenvalue weighted by molar-refractivity contribution is -0.138. The van der Waals surface area contributed by atoms with Gasteiger partial charge in [0, 0.05) is 0 Å². The van der Waals surface area contributed by atoms with E-state index in [-0.39, 0.29) is 0 Å². The molecule has 3 N–H and O–H groups in total. The predicted molar refractivity (Wildman–Crippen MR) is 66.3 cm³/mol. The fraction of sp³-hybridized carbons (Fsp3) is 0.462. The van der Waals surface area contributed by atoms with Crippen LogP contribution in [0.3, 0.4) is 0 Å². The number of ether oxygens (including phenoxy) is 1. The highest BCUT2D eigenvalue weighted by atomic mass is 16.5. The van der Waals surface area contributed by atoms with E-state index in [0.717, 1.165) is 23.3 Å². The average Bonchev–Trinajstić information content (AvgIpc) is 2.35. The van der Waals surface area contributed by atoms with Gasteiger partial charge >= 0.3 is 5.97 Å². The summed E-state index contributed by atoms with van der Waals surface area (Å²) in [6, 6.07) is 5.13. The SMILES string of the molecule is CCc1cc(CCC(N)C(=O)O)ccc1OC. The lowest BCUT2D eigenvalue weighted by Crippen LogP contribution is -2.30. The third-order valence-electron chi connectivity index (χ3n) is 2.79. The monoisotopic (exact) mass is 237 g/mol. The molecule has 0 saturated heterocycles. The predicted octanol–water partition coefficient (Wildman–Crippen LogP) is 1.60. The summed E-state index contributed by atoms with van der Waals surface area (Å²) in [6.07, 6.45) is 2.01. The molecule has 1 atom stereocenters. The first-order chi connectivity index (χ1) is 8.08. The minimum Gasteiger partial charge on any atom is -0.496 e. The van der Waals surface area contributed by atoms with Gasteiger partial charge in [-0.2, -0.15) is 0 Å². The van der Waals surface area contributed by atoms with Crippen molar-refractivity contribution in [1.29, 1.82) is 0 Å². The Hall–Kier alpha value is -1.55. The summed E-state index contributed by atoms with van der Waals surface area (Å²) >= 11 is 0. The number of aliphatic carboxylic acids is 1. The van der Waals surface area contributed by atoms with Crippen LogP contribution in [0.1, 0.15) is 24.5 Å². The average molecular weight is 237 g/mol. The number of carbonyl (C=O) groups is 1. The first kappa shape index (κ1) is 13.5. The van der Waals surface area contributed by atoms with Crippen molar-refractivity contribution in [2.45, 2.75) is 32.2 Å². The quantitative estimate of drug-likeness (QED) is 0.788. The van der Waals surface area contributed by atoms with Gasteiger partial charge in [-0.25, -0.2) is 0 Å². The van der Waals surface area contributed by atoms with Crippen molar-refractivity contribution in [3.8, 4) is 5.75 Å². The normalized spacial score (nSPS) is 12.2. The number of rotatable bonds is 6. The van der Waals surface area contributed by atoms with Crippen LogP contribution in [0.15, 0.2) is 18.2 Å². The standard InChI is InChI=1S/C13H19NO3/c1-3-10-8-9(5-7-12(10)17-2)4-6-11(14)13(15)16/h5,7-8,11H,3-4,6,14H2,1-2H3,(H,15,16). The number of carboxylic acid groups (broad SMARTS) is 1. The first-order valence-corrected chi connectivity index (χ1v) is 5.72. The zero-order valence-corrected chi connectivity index (χ0v) is 10.3. The van der Waals surface area contributed by atoms with Crippen molar-refractivity contribution in [3.05, 3.63) is 29.3 Å². The molecule has 0 radical (unpaired) electrons. The topological polar surface area (TPSA) is 72.6 Å². The van der Waals surface area contributed by atoms with Gasteiger partial charge in [0.2, 0.25) is 0 Å². The third-order valence-corrected chi connectivity index (χ3v) is 2.79. The molecule has 0 fully saturated rings. The van der Waals surface area contributed by atoms with Gasteiger partial charge in [-0.1, -0.05) is 19.1 Å². The van der Waals surface area contributed by atoms with Crippen LogP contribution < -0.4 is 10.5 Å². The van der Waals surface area contributed by atoms with E-state index in [9.17, 15) is 4.79 Å². The Balaban J connectivity index is 2.69. The molecule has 1 rings (SSSR count). The Morgan fingerprint density at radius 1 is 1.53 bits per heavy atom. The summed E-state index contributed by atoms with van der Waals surface area (Å²) in [7, 11) is 1.65. The van der Waals surface area contributed by atoms with E-state index in [4.69, 9.17) is 15.6 Å². The van der Waals surface area contributed by atoms with Gasteiger partial charge in [-0.3, -0.25) is 4.79 Å². The van der Waals surface area contributed by atoms with Crippen molar-refractivity contribution >= 4 is 5.97 Å². The number of methoxy groups -OCH3 is 1. The van der Waals surface area contributed by atoms with E-state index in [1.54, 1.807) is 7.11 Å². The minimum atomic E-state index is -0.950. The van der Waals surface area contributed by atoms with Gasteiger partial charge in [-0.05, 0) is 36.5 Å². The molecule has 1 unspecified atom stereocenters. The summed E-state index contributed by atoms with van der Waals surface area (Å²) < 4.78 is 5.24. The van der Waals surface area contributed by atoms with Crippen molar-refractivity contribution in [2.24, 2.45) is 5.73 Å². The van der Waals surface area contributed by atoms with Gasteiger partial charge in [0.1, 0.15) is 11.8 Å². The van der Waals surface area contributed by atoms with Gasteiger partial charge in [-0.15, -0.1) is 0 Å². The van der Waals surface area contributed by atoms with Crippen LogP contribution >= 0.6 is 0 Å². The highest BCUT2D eigenvalue weighted by Crippen LogP contribution is 2.21. The second kappa shape index (κ2) is 6.25. The third kappa shape index (κ3) is 3.75. The molecule has 4 nitrogen and oxygen atoms in total. The van der Waals surface area contributed by atoms with E-state index >= 15 is 0 Å². The highest BCUT2D eigenvalue weighted by Gasteiger charge is 2.11. The molecule has 1 aromatic rings. The summed E-state index contributed by atoms with van der Waals surface area (Å²) in [4.78, 5) is 10.6. The molecule has 94 valence electrons. The molecule has 1 aromatic carbocycles. The molecule has 0 aromatic heterocycles. The molecule has 0 aliphatic heterocycles. The molecule has 0 spiro atoms. The fourth-order valence-electron chi connectivity index (χ4n) is 1.71. The van der Waals surface area contributed by atoms with Crippen molar-refractivity contribution in [2.75, 3.05) is 7.11 Å². The molecule has 0 aliphatic rings. The Morgan fingerprint density at radius 2 is 2.24 bits per heavy atom. The lowest BCUT2D eigenvalue weighted by Gasteiger charge is -2.10. The first-order valence-electron chi connectivity index (χ1n) is 5.72. The van der Waals surface area contributed by atoms with Crippen LogP contribution in [0.2, 0.25) is 0 Å². The lowest BCUT2D eigenvalue weighted by atomic mass is 10.0. The maximum Gasteiger partial charge on any atom is 0.320 e. The van der Waals surface area contributed by atoms with Crippen LogP contribution in [0.4, 0.5) is 0 Å². The zero-order valence-electron chi connectivity index (χ0n) is 10.3. The molecular formula is C13H19NO3. The largest absolute Gasteiger partial charge is 0.496 e. The van der Waals surface area contributed by atoms with Crippen molar-refractivity contribution < 1.29 is 14.6 Å². The van der Waals surface area contributed by atoms with Gasteiger partial charge in [0.15, 0.2) is 0 Å². The van der Waals surface area contributed by atoms with Crippen molar-refractivity contribution in [1.82, 2.24) is 0 Å². The van der Waals surface area contributed by atoms with Crippen LogP contribution in [-0.4, -0.2) is 24.2 Å². The van der Waals surface area contributed by atoms with E-state index in [1.165, 1.54) is 0 Å². The Bertz CT molecular complexity index is 390. The number of benzene rings is 1. The van der Waals surface area contributed by atoms with E-state index in [2.05, 4.69) is 6.92 Å². The molecule has 17 heavy (non-hydrogen) atoms. The number of hydrogen-bond donors (Lipinski definition) is 2. The summed E-state index contributed by atoms with van der Waals surface area (Å²) in [5.74, 6) is -0.0759. The van der Waals surface area contributed by atoms with Crippen molar-refractivity contribution in [3.63, 3.8) is 0 Å². The molecule has 0 bridgehead atoms. The fourth-order valence-corrected chi connectivity index (χ4v) is 1.71. The Kier molecular flexibility index (Phi) is 4.97. The van der Waals surface area contributed by atoms with E-state index in [0.29, 0.717) is 12.8 Å². The maximum atomic E-state index is 10.6. The van der Waals surface area contributed by atoms with Crippen LogP contribution in [-0.2, 0) is 17.6 Å². The van der Waals surface area contributed by atoms with Gasteiger partial charge < -0.3 is 15.6 Å². The molecule has 0 aliphatic carbocycles. The molecule has 0 saturated carbocycles. The number of hydrogen-bond acceptors (Lipinski definition) is 3. The van der Waals surface area contributed by atoms with Gasteiger partial charge in [0.05, 0.1) is 7.11 Å². The molecule has 0 heterocycles. The summed E-state index contributed by atoms with van der Waals surface area (Å²) in [5, 5.41) is 8.70. The minimum absolute atomic E-state index is 0.449. The van der Waals surface area contributed by atoms with Gasteiger partial charge in [0.25, 0.3) is 0 Å². The van der Waals surface area contributed by atoms with Crippen LogP contribution in [0.5, 0.6) is 5.75 Å². The number of nitrogens with two attached hydrogens (primary N) is 1.